The van der Waals surface area contributed by atoms with Crippen molar-refractivity contribution in [2.45, 2.75) is 0 Å². The number of nitrogens with zero attached hydrogens (tertiary/aromatic N) is 4. The van der Waals surface area contributed by atoms with Crippen LogP contribution in [0.2, 0.25) is 10.0 Å². The molecule has 0 bridgehead atoms. The van der Waals surface area contributed by atoms with Crippen LogP contribution in [0.25, 0.3) is 11.3 Å². The van der Waals surface area contributed by atoms with Crippen LogP contribution in [-0.2, 0) is 4.79 Å². The van der Waals surface area contributed by atoms with Crippen LogP contribution >= 0.6 is 23.2 Å². The summed E-state index contributed by atoms with van der Waals surface area (Å²) in [5, 5.41) is 9.67. The number of rotatable bonds is 5. The minimum absolute atomic E-state index is 0.0747. The quantitative estimate of drug-likeness (QED) is 0.567. The number of halogens is 3. The number of carbonyl (C=O) groups excluding carboxylic acids is 1. The Hall–Kier alpha value is -2.90. The molecule has 2 heterocycles. The topological polar surface area (TPSA) is 58.6 Å². The van der Waals surface area contributed by atoms with Crippen LogP contribution in [-0.4, -0.2) is 53.8 Å². The maximum absolute atomic E-state index is 13.6. The van der Waals surface area contributed by atoms with Gasteiger partial charge in [0.2, 0.25) is 0 Å². The molecule has 9 heteroatoms. The van der Waals surface area contributed by atoms with Crippen LogP contribution in [0.5, 0.6) is 5.75 Å². The minimum atomic E-state index is -0.484. The largest absolute Gasteiger partial charge is 0.481 e. The summed E-state index contributed by atoms with van der Waals surface area (Å²) < 4.78 is 18.9. The molecule has 0 aliphatic carbocycles. The van der Waals surface area contributed by atoms with Gasteiger partial charge in [0, 0.05) is 36.8 Å². The summed E-state index contributed by atoms with van der Waals surface area (Å²) >= 11 is 12.2. The van der Waals surface area contributed by atoms with Gasteiger partial charge in [0.1, 0.15) is 0 Å². The van der Waals surface area contributed by atoms with E-state index in [1.807, 2.05) is 18.2 Å². The number of para-hydroxylation sites is 1. The number of aromatic nitrogens is 2. The normalized spacial score (nSPS) is 13.9. The van der Waals surface area contributed by atoms with Crippen molar-refractivity contribution in [3.8, 4) is 17.0 Å². The molecule has 6 nitrogen and oxygen atoms in total. The lowest BCUT2D eigenvalue weighted by atomic mass is 10.1. The predicted octanol–water partition coefficient (Wildman–Crippen LogP) is 4.32. The molecule has 0 unspecified atom stereocenters. The first kappa shape index (κ1) is 21.3. The lowest BCUT2D eigenvalue weighted by Gasteiger charge is -2.35. The zero-order valence-electron chi connectivity index (χ0n) is 16.5. The first-order valence-corrected chi connectivity index (χ1v) is 10.5. The first-order chi connectivity index (χ1) is 15.0. The molecule has 0 radical (unpaired) electrons. The summed E-state index contributed by atoms with van der Waals surface area (Å²) in [4.78, 5) is 16.2. The van der Waals surface area contributed by atoms with E-state index in [0.29, 0.717) is 41.9 Å². The van der Waals surface area contributed by atoms with Crippen molar-refractivity contribution in [3.63, 3.8) is 0 Å². The van der Waals surface area contributed by atoms with Crippen LogP contribution in [0.15, 0.2) is 54.6 Å². The molecule has 1 aliphatic heterocycles. The number of hydrogen-bond acceptors (Lipinski definition) is 5. The fourth-order valence-corrected chi connectivity index (χ4v) is 3.82. The third-order valence-electron chi connectivity index (χ3n) is 5.00. The van der Waals surface area contributed by atoms with Gasteiger partial charge in [0.15, 0.2) is 24.0 Å². The standard InChI is InChI=1S/C22H19Cl2FN4O2/c23-15-5-6-16(17(24)13-15)19-7-8-21(27-26-19)28-9-11-29(12-10-28)22(30)14-31-20-4-2-1-3-18(20)25/h1-8,13H,9-12,14H2. The van der Waals surface area contributed by atoms with Crippen LogP contribution in [0.4, 0.5) is 10.2 Å². The summed E-state index contributed by atoms with van der Waals surface area (Å²) in [6.45, 7) is 2.07. The molecule has 1 amide bonds. The van der Waals surface area contributed by atoms with E-state index in [1.165, 1.54) is 12.1 Å². The molecule has 0 atom stereocenters. The van der Waals surface area contributed by atoms with Gasteiger partial charge in [-0.05, 0) is 42.5 Å². The van der Waals surface area contributed by atoms with Crippen LogP contribution < -0.4 is 9.64 Å². The number of anilines is 1. The third-order valence-corrected chi connectivity index (χ3v) is 5.55. The van der Waals surface area contributed by atoms with E-state index in [4.69, 9.17) is 27.9 Å². The number of hydrogen-bond donors (Lipinski definition) is 0. The Morgan fingerprint density at radius 3 is 2.45 bits per heavy atom. The number of amides is 1. The Bertz CT molecular complexity index is 1070. The Kier molecular flexibility index (Phi) is 6.53. The molecule has 1 aromatic heterocycles. The molecule has 1 aliphatic rings. The zero-order valence-corrected chi connectivity index (χ0v) is 18.0. The van der Waals surface area contributed by atoms with Crippen molar-refractivity contribution in [1.29, 1.82) is 0 Å². The van der Waals surface area contributed by atoms with Crippen molar-refractivity contribution in [1.82, 2.24) is 15.1 Å². The van der Waals surface area contributed by atoms with Gasteiger partial charge in [-0.2, -0.15) is 0 Å². The second-order valence-electron chi connectivity index (χ2n) is 6.99. The van der Waals surface area contributed by atoms with E-state index in [0.717, 1.165) is 11.4 Å². The van der Waals surface area contributed by atoms with Crippen LogP contribution in [0.3, 0.4) is 0 Å². The van der Waals surface area contributed by atoms with Gasteiger partial charge >= 0.3 is 0 Å². The second kappa shape index (κ2) is 9.49. The number of piperazine rings is 1. The zero-order chi connectivity index (χ0) is 21.8. The lowest BCUT2D eigenvalue weighted by molar-refractivity contribution is -0.133. The molecule has 1 saturated heterocycles. The molecule has 0 spiro atoms. The highest BCUT2D eigenvalue weighted by atomic mass is 35.5. The smallest absolute Gasteiger partial charge is 0.260 e. The van der Waals surface area contributed by atoms with Gasteiger partial charge in [0.25, 0.3) is 5.91 Å². The van der Waals surface area contributed by atoms with Crippen molar-refractivity contribution >= 4 is 34.9 Å². The number of benzene rings is 2. The number of carbonyl (C=O) groups is 1. The highest BCUT2D eigenvalue weighted by Crippen LogP contribution is 2.29. The average Bonchev–Trinajstić information content (AvgIpc) is 2.79. The molecule has 0 N–H and O–H groups in total. The first-order valence-electron chi connectivity index (χ1n) is 9.70. The van der Waals surface area contributed by atoms with E-state index in [9.17, 15) is 9.18 Å². The van der Waals surface area contributed by atoms with E-state index >= 15 is 0 Å². The van der Waals surface area contributed by atoms with Gasteiger partial charge < -0.3 is 14.5 Å². The molecule has 2 aromatic carbocycles. The maximum atomic E-state index is 13.6. The van der Waals surface area contributed by atoms with Crippen molar-refractivity contribution < 1.29 is 13.9 Å². The highest BCUT2D eigenvalue weighted by molar-refractivity contribution is 6.36. The van der Waals surface area contributed by atoms with Gasteiger partial charge in [0.05, 0.1) is 10.7 Å². The predicted molar refractivity (Wildman–Crippen MR) is 118 cm³/mol. The molecule has 0 saturated carbocycles. The molecule has 3 aromatic rings. The monoisotopic (exact) mass is 460 g/mol. The lowest BCUT2D eigenvalue weighted by Crippen LogP contribution is -2.50. The Morgan fingerprint density at radius 2 is 1.77 bits per heavy atom. The molecular formula is C22H19Cl2FN4O2. The fourth-order valence-electron chi connectivity index (χ4n) is 3.31. The summed E-state index contributed by atoms with van der Waals surface area (Å²) in [6, 6.07) is 15.0. The van der Waals surface area contributed by atoms with Gasteiger partial charge in [-0.15, -0.1) is 10.2 Å². The molecule has 31 heavy (non-hydrogen) atoms. The fraction of sp³-hybridized carbons (Fsp3) is 0.227. The molecule has 4 rings (SSSR count). The Balaban J connectivity index is 1.32. The molecule has 1 fully saturated rings. The average molecular weight is 461 g/mol. The summed E-state index contributed by atoms with van der Waals surface area (Å²) in [5.41, 5.74) is 1.42. The van der Waals surface area contributed by atoms with Crippen molar-refractivity contribution in [2.75, 3.05) is 37.7 Å². The van der Waals surface area contributed by atoms with E-state index in [2.05, 4.69) is 15.1 Å². The van der Waals surface area contributed by atoms with Gasteiger partial charge in [-0.3, -0.25) is 4.79 Å². The van der Waals surface area contributed by atoms with Crippen molar-refractivity contribution in [3.05, 3.63) is 70.5 Å². The summed E-state index contributed by atoms with van der Waals surface area (Å²) in [5.74, 6) is 0.137. The minimum Gasteiger partial charge on any atom is -0.481 e. The SMILES string of the molecule is O=C(COc1ccccc1F)N1CCN(c2ccc(-c3ccc(Cl)cc3Cl)nn2)CC1. The Morgan fingerprint density at radius 1 is 1.00 bits per heavy atom. The summed E-state index contributed by atoms with van der Waals surface area (Å²) in [6.07, 6.45) is 0. The van der Waals surface area contributed by atoms with Gasteiger partial charge in [-0.1, -0.05) is 35.3 Å². The van der Waals surface area contributed by atoms with Crippen LogP contribution in [0.1, 0.15) is 0 Å². The Labute approximate surface area is 189 Å². The van der Waals surface area contributed by atoms with E-state index in [1.54, 1.807) is 29.2 Å². The number of ether oxygens (including phenoxy) is 1. The van der Waals surface area contributed by atoms with Crippen LogP contribution in [0, 0.1) is 5.82 Å². The molecule has 160 valence electrons. The van der Waals surface area contributed by atoms with Crippen molar-refractivity contribution in [2.24, 2.45) is 0 Å². The summed E-state index contributed by atoms with van der Waals surface area (Å²) in [7, 11) is 0. The van der Waals surface area contributed by atoms with E-state index < -0.39 is 5.82 Å². The third kappa shape index (κ3) is 5.06. The maximum Gasteiger partial charge on any atom is 0.260 e. The highest BCUT2D eigenvalue weighted by Gasteiger charge is 2.23. The second-order valence-corrected chi connectivity index (χ2v) is 7.83. The molecular weight excluding hydrogens is 442 g/mol. The van der Waals surface area contributed by atoms with Gasteiger partial charge in [-0.25, -0.2) is 4.39 Å². The van der Waals surface area contributed by atoms with E-state index in [-0.39, 0.29) is 18.3 Å².